The van der Waals surface area contributed by atoms with Crippen LogP contribution < -0.4 is 20.7 Å². The lowest BCUT2D eigenvalue weighted by atomic mass is 10.1. The van der Waals surface area contributed by atoms with Gasteiger partial charge >= 0.3 is 6.09 Å². The van der Waals surface area contributed by atoms with Crippen molar-refractivity contribution in [2.45, 2.75) is 6.92 Å². The van der Waals surface area contributed by atoms with Crippen LogP contribution in [0.4, 0.5) is 30.8 Å². The van der Waals surface area contributed by atoms with Gasteiger partial charge in [0.05, 0.1) is 32.2 Å². The van der Waals surface area contributed by atoms with Gasteiger partial charge in [0.25, 0.3) is 0 Å². The van der Waals surface area contributed by atoms with Crippen molar-refractivity contribution in [2.24, 2.45) is 0 Å². The number of aryl methyl sites for hydroxylation is 1. The van der Waals surface area contributed by atoms with Crippen molar-refractivity contribution < 1.29 is 28.2 Å². The monoisotopic (exact) mass is 512 g/mol. The fourth-order valence-electron chi connectivity index (χ4n) is 3.76. The molecule has 0 saturated heterocycles. The molecule has 0 bridgehead atoms. The third-order valence-corrected chi connectivity index (χ3v) is 5.54. The molecule has 0 radical (unpaired) electrons. The summed E-state index contributed by atoms with van der Waals surface area (Å²) in [7, 11) is 1.28. The highest BCUT2D eigenvalue weighted by atomic mass is 19.2. The maximum atomic E-state index is 14.7. The number of nitrogens with one attached hydrogen (secondary N) is 3. The lowest BCUT2D eigenvalue weighted by Gasteiger charge is -2.13. The second-order valence-corrected chi connectivity index (χ2v) is 7.98. The highest BCUT2D eigenvalue weighted by Crippen LogP contribution is 2.31. The smallest absolute Gasteiger partial charge is 0.404 e. The lowest BCUT2D eigenvalue weighted by Crippen LogP contribution is -2.25. The van der Waals surface area contributed by atoms with Gasteiger partial charge in [0, 0.05) is 42.4 Å². The molecule has 0 unspecified atom stereocenters. The van der Waals surface area contributed by atoms with E-state index in [9.17, 15) is 13.6 Å². The topological polar surface area (TPSA) is 122 Å². The highest BCUT2D eigenvalue weighted by molar-refractivity contribution is 5.75. The van der Waals surface area contributed by atoms with Crippen LogP contribution in [0.25, 0.3) is 16.9 Å². The van der Waals surface area contributed by atoms with Crippen LogP contribution in [0.5, 0.6) is 5.75 Å². The molecule has 0 aliphatic heterocycles. The zero-order valence-electron chi connectivity index (χ0n) is 20.2. The average molecular weight is 513 g/mol. The lowest BCUT2D eigenvalue weighted by molar-refractivity contribution is 0.141. The third kappa shape index (κ3) is 5.86. The van der Waals surface area contributed by atoms with E-state index in [4.69, 9.17) is 14.6 Å². The summed E-state index contributed by atoms with van der Waals surface area (Å²) in [6.07, 6.45) is 3.56. The van der Waals surface area contributed by atoms with E-state index >= 15 is 0 Å². The molecule has 1 amide bonds. The van der Waals surface area contributed by atoms with E-state index in [1.807, 2.05) is 25.1 Å². The average Bonchev–Trinajstić information content (AvgIpc) is 3.31. The largest absolute Gasteiger partial charge is 0.494 e. The molecule has 4 rings (SSSR count). The molecule has 0 fully saturated rings. The van der Waals surface area contributed by atoms with Crippen molar-refractivity contribution in [3.8, 4) is 17.0 Å². The number of hydrogen-bond acceptors (Lipinski definition) is 7. The fourth-order valence-corrected chi connectivity index (χ4v) is 3.76. The normalized spacial score (nSPS) is 10.9. The number of hydrogen-bond donors (Lipinski definition) is 4. The Bertz CT molecular complexity index is 1410. The minimum Gasteiger partial charge on any atom is -0.494 e. The highest BCUT2D eigenvalue weighted by Gasteiger charge is 2.19. The Morgan fingerprint density at radius 1 is 1.11 bits per heavy atom. The number of fused-ring (bicyclic) bond motifs is 1. The number of anilines is 3. The summed E-state index contributed by atoms with van der Waals surface area (Å²) < 4.78 is 40.8. The number of amides is 1. The standard InChI is InChI=1S/C25H26F2N6O4/c1-15-13-16(3-5-18(15)28-8-11-37-12-9-30-25(34)35)32-23-24-31-14-19(33(24)10-7-29-23)17-4-6-20(36-2)22(27)21(17)26/h3-7,10,13-14,28,30H,8-9,11-12H2,1-2H3,(H,29,32)(H,34,35). The molecule has 0 aliphatic rings. The summed E-state index contributed by atoms with van der Waals surface area (Å²) in [5.41, 5.74) is 3.54. The Labute approximate surface area is 211 Å². The van der Waals surface area contributed by atoms with E-state index in [1.54, 1.807) is 16.8 Å². The first-order valence-corrected chi connectivity index (χ1v) is 11.4. The van der Waals surface area contributed by atoms with Crippen LogP contribution in [0.3, 0.4) is 0 Å². The van der Waals surface area contributed by atoms with Gasteiger partial charge in [0.1, 0.15) is 0 Å². The minimum absolute atomic E-state index is 0.0522. The van der Waals surface area contributed by atoms with Crippen LogP contribution in [-0.4, -0.2) is 59.0 Å². The molecule has 2 heterocycles. The molecule has 2 aromatic carbocycles. The summed E-state index contributed by atoms with van der Waals surface area (Å²) in [5, 5.41) is 17.3. The van der Waals surface area contributed by atoms with Crippen molar-refractivity contribution in [3.05, 3.63) is 66.1 Å². The third-order valence-electron chi connectivity index (χ3n) is 5.54. The van der Waals surface area contributed by atoms with Crippen molar-refractivity contribution in [1.82, 2.24) is 19.7 Å². The number of benzene rings is 2. The molecular weight excluding hydrogens is 486 g/mol. The number of methoxy groups -OCH3 is 1. The van der Waals surface area contributed by atoms with Crippen molar-refractivity contribution in [2.75, 3.05) is 44.0 Å². The second-order valence-electron chi connectivity index (χ2n) is 7.98. The molecule has 2 aromatic heterocycles. The molecule has 194 valence electrons. The fraction of sp³-hybridized carbons (Fsp3) is 0.240. The van der Waals surface area contributed by atoms with Crippen molar-refractivity contribution >= 4 is 28.9 Å². The van der Waals surface area contributed by atoms with Crippen LogP contribution in [-0.2, 0) is 4.74 Å². The Morgan fingerprint density at radius 2 is 1.92 bits per heavy atom. The Balaban J connectivity index is 1.44. The van der Waals surface area contributed by atoms with Crippen LogP contribution in [0, 0.1) is 18.6 Å². The molecule has 12 heteroatoms. The van der Waals surface area contributed by atoms with Gasteiger partial charge < -0.3 is 30.5 Å². The molecule has 37 heavy (non-hydrogen) atoms. The first kappa shape index (κ1) is 25.6. The molecule has 0 aliphatic carbocycles. The predicted molar refractivity (Wildman–Crippen MR) is 135 cm³/mol. The Morgan fingerprint density at radius 3 is 2.68 bits per heavy atom. The number of nitrogens with zero attached hydrogens (tertiary/aromatic N) is 3. The number of carboxylic acid groups (broad SMARTS) is 1. The molecular formula is C25H26F2N6O4. The Hall–Kier alpha value is -4.45. The van der Waals surface area contributed by atoms with Crippen LogP contribution in [0.15, 0.2) is 48.9 Å². The quantitative estimate of drug-likeness (QED) is 0.218. The van der Waals surface area contributed by atoms with E-state index in [1.165, 1.54) is 25.4 Å². The zero-order valence-corrected chi connectivity index (χ0v) is 20.2. The van der Waals surface area contributed by atoms with Crippen LogP contribution >= 0.6 is 0 Å². The van der Waals surface area contributed by atoms with E-state index in [0.717, 1.165) is 16.9 Å². The number of halogens is 2. The first-order chi connectivity index (χ1) is 17.9. The van der Waals surface area contributed by atoms with Gasteiger partial charge in [-0.15, -0.1) is 0 Å². The maximum absolute atomic E-state index is 14.7. The van der Waals surface area contributed by atoms with Gasteiger partial charge in [-0.25, -0.2) is 19.2 Å². The Kier molecular flexibility index (Phi) is 7.98. The maximum Gasteiger partial charge on any atom is 0.404 e. The zero-order chi connectivity index (χ0) is 26.4. The van der Waals surface area contributed by atoms with Gasteiger partial charge in [-0.05, 0) is 42.8 Å². The van der Waals surface area contributed by atoms with E-state index in [2.05, 4.69) is 25.9 Å². The van der Waals surface area contributed by atoms with Crippen molar-refractivity contribution in [1.29, 1.82) is 0 Å². The van der Waals surface area contributed by atoms with Crippen molar-refractivity contribution in [3.63, 3.8) is 0 Å². The van der Waals surface area contributed by atoms with Gasteiger partial charge in [-0.1, -0.05) is 0 Å². The number of carbonyl (C=O) groups is 1. The summed E-state index contributed by atoms with van der Waals surface area (Å²) in [6.45, 7) is 3.46. The van der Waals surface area contributed by atoms with E-state index < -0.39 is 17.7 Å². The summed E-state index contributed by atoms with van der Waals surface area (Å²) in [5.74, 6) is -1.80. The van der Waals surface area contributed by atoms with Gasteiger partial charge in [0.15, 0.2) is 23.0 Å². The van der Waals surface area contributed by atoms with E-state index in [-0.39, 0.29) is 17.9 Å². The first-order valence-electron chi connectivity index (χ1n) is 11.4. The van der Waals surface area contributed by atoms with Gasteiger partial charge in [-0.3, -0.25) is 4.40 Å². The second kappa shape index (κ2) is 11.5. The molecule has 10 nitrogen and oxygen atoms in total. The van der Waals surface area contributed by atoms with Crippen LogP contribution in [0.1, 0.15) is 5.56 Å². The SMILES string of the molecule is COc1ccc(-c2cnc3c(Nc4ccc(NCCOCCNC(=O)O)c(C)c4)nccn23)c(F)c1F. The molecule has 4 N–H and O–H groups in total. The number of ether oxygens (including phenoxy) is 2. The minimum atomic E-state index is -1.08. The van der Waals surface area contributed by atoms with E-state index in [0.29, 0.717) is 36.9 Å². The van der Waals surface area contributed by atoms with Gasteiger partial charge in [-0.2, -0.15) is 4.39 Å². The predicted octanol–water partition coefficient (Wildman–Crippen LogP) is 4.43. The molecule has 0 atom stereocenters. The summed E-state index contributed by atoms with van der Waals surface area (Å²) in [4.78, 5) is 19.1. The number of rotatable bonds is 11. The van der Waals surface area contributed by atoms with Gasteiger partial charge in [0.2, 0.25) is 5.82 Å². The molecule has 0 spiro atoms. The number of imidazole rings is 1. The summed E-state index contributed by atoms with van der Waals surface area (Å²) >= 11 is 0. The molecule has 0 saturated carbocycles. The molecule has 4 aromatic rings. The van der Waals surface area contributed by atoms with Crippen LogP contribution in [0.2, 0.25) is 0 Å². The summed E-state index contributed by atoms with van der Waals surface area (Å²) in [6, 6.07) is 8.54. The number of aromatic nitrogens is 3.